The van der Waals surface area contributed by atoms with E-state index in [1.165, 1.54) is 23.8 Å². The van der Waals surface area contributed by atoms with Crippen LogP contribution in [-0.4, -0.2) is 31.1 Å². The molecule has 0 aromatic heterocycles. The molecule has 2 aromatic rings. The number of ether oxygens (including phenoxy) is 4. The van der Waals surface area contributed by atoms with Gasteiger partial charge in [0.2, 0.25) is 0 Å². The van der Waals surface area contributed by atoms with E-state index in [1.807, 2.05) is 26.0 Å². The molecule has 0 heterocycles. The van der Waals surface area contributed by atoms with Crippen molar-refractivity contribution in [3.63, 3.8) is 0 Å². The third kappa shape index (κ3) is 14.0. The van der Waals surface area contributed by atoms with Crippen LogP contribution in [0.5, 0.6) is 5.75 Å². The fraction of sp³-hybridized carbons (Fsp3) is 0.324. The van der Waals surface area contributed by atoms with Crippen molar-refractivity contribution in [3.05, 3.63) is 114 Å². The van der Waals surface area contributed by atoms with Crippen LogP contribution in [0.15, 0.2) is 97.5 Å². The van der Waals surface area contributed by atoms with E-state index in [0.29, 0.717) is 48.7 Å². The monoisotopic (exact) mass is 562 g/mol. The Bertz CT molecular complexity index is 1170. The maximum atomic E-state index is 12.5. The van der Waals surface area contributed by atoms with Gasteiger partial charge in [0.25, 0.3) is 0 Å². The van der Waals surface area contributed by atoms with Crippen molar-refractivity contribution in [1.82, 2.24) is 0 Å². The maximum Gasteiger partial charge on any atom is 0.343 e. The molecule has 0 bridgehead atoms. The molecule has 0 N–H and O–H groups in total. The molecule has 0 aliphatic heterocycles. The first kappa shape index (κ1) is 34.6. The number of benzene rings is 2. The van der Waals surface area contributed by atoms with Gasteiger partial charge in [0.1, 0.15) is 17.3 Å². The van der Waals surface area contributed by atoms with Crippen LogP contribution in [0.3, 0.4) is 0 Å². The molecule has 0 unspecified atom stereocenters. The summed E-state index contributed by atoms with van der Waals surface area (Å²) in [7, 11) is 0. The van der Waals surface area contributed by atoms with E-state index in [9.17, 15) is 14.4 Å². The second-order valence-electron chi connectivity index (χ2n) is 8.58. The standard InChI is InChI=1S/C32H36O7.C2H6/c1-5-8-11-25-13-15-26(16-14-25)31(34)38-24(4)12-19-28(6-2)39-32(35)27-17-20-29(21-18-27)36-22-9-10-23-37-30(33)7-3;1-2/h6-7,12-21H,2-3,5,8-11,22-23H2,1,4H3;1-2H3/b24-12+,28-19+;. The number of hydrogen-bond donors (Lipinski definition) is 0. The predicted molar refractivity (Wildman–Crippen MR) is 162 cm³/mol. The molecule has 7 nitrogen and oxygen atoms in total. The number of esters is 3. The molecule has 0 aliphatic rings. The molecule has 0 atom stereocenters. The van der Waals surface area contributed by atoms with E-state index in [-0.39, 0.29) is 5.76 Å². The van der Waals surface area contributed by atoms with Crippen LogP contribution in [0.2, 0.25) is 0 Å². The topological polar surface area (TPSA) is 88.1 Å². The van der Waals surface area contributed by atoms with Crippen molar-refractivity contribution < 1.29 is 33.3 Å². The Kier molecular flexibility index (Phi) is 17.3. The Morgan fingerprint density at radius 1 is 0.756 bits per heavy atom. The molecule has 0 saturated carbocycles. The molecular formula is C34H42O7. The lowest BCUT2D eigenvalue weighted by Crippen LogP contribution is -2.06. The van der Waals surface area contributed by atoms with Gasteiger partial charge in [-0.25, -0.2) is 14.4 Å². The molecule has 2 rings (SSSR count). The Morgan fingerprint density at radius 3 is 1.93 bits per heavy atom. The summed E-state index contributed by atoms with van der Waals surface area (Å²) in [5, 5.41) is 0. The first-order chi connectivity index (χ1) is 19.9. The second-order valence-corrected chi connectivity index (χ2v) is 8.58. The van der Waals surface area contributed by atoms with Crippen LogP contribution in [-0.2, 0) is 25.4 Å². The van der Waals surface area contributed by atoms with Crippen LogP contribution < -0.4 is 4.74 Å². The van der Waals surface area contributed by atoms with Crippen molar-refractivity contribution in [2.24, 2.45) is 0 Å². The third-order valence-electron chi connectivity index (χ3n) is 5.46. The summed E-state index contributed by atoms with van der Waals surface area (Å²) in [6.45, 7) is 15.5. The highest BCUT2D eigenvalue weighted by molar-refractivity contribution is 5.91. The quantitative estimate of drug-likeness (QED) is 0.0512. The summed E-state index contributed by atoms with van der Waals surface area (Å²) in [6.07, 6.45) is 10.1. The lowest BCUT2D eigenvalue weighted by atomic mass is 10.1. The summed E-state index contributed by atoms with van der Waals surface area (Å²) in [6, 6.07) is 13.9. The summed E-state index contributed by atoms with van der Waals surface area (Å²) >= 11 is 0. The van der Waals surface area contributed by atoms with E-state index >= 15 is 0 Å². The molecule has 0 amide bonds. The molecule has 0 radical (unpaired) electrons. The first-order valence-corrected chi connectivity index (χ1v) is 13.9. The van der Waals surface area contributed by atoms with Gasteiger partial charge < -0.3 is 18.9 Å². The Balaban J connectivity index is 0.00000411. The smallest absolute Gasteiger partial charge is 0.343 e. The molecule has 0 fully saturated rings. The number of rotatable bonds is 16. The largest absolute Gasteiger partial charge is 0.494 e. The van der Waals surface area contributed by atoms with Crippen molar-refractivity contribution in [2.75, 3.05) is 13.2 Å². The molecule has 41 heavy (non-hydrogen) atoms. The number of aryl methyl sites for hydroxylation is 1. The summed E-state index contributed by atoms with van der Waals surface area (Å²) in [5.41, 5.74) is 1.98. The van der Waals surface area contributed by atoms with E-state index < -0.39 is 17.9 Å². The fourth-order valence-electron chi connectivity index (χ4n) is 3.25. The minimum absolute atomic E-state index is 0.202. The summed E-state index contributed by atoms with van der Waals surface area (Å²) in [5.74, 6) is -0.330. The summed E-state index contributed by atoms with van der Waals surface area (Å²) < 4.78 is 21.3. The number of carbonyl (C=O) groups excluding carboxylic acids is 3. The molecular weight excluding hydrogens is 520 g/mol. The number of unbranched alkanes of at least 4 members (excludes halogenated alkanes) is 2. The molecule has 220 valence electrons. The molecule has 0 aliphatic carbocycles. The minimum Gasteiger partial charge on any atom is -0.494 e. The van der Waals surface area contributed by atoms with Crippen LogP contribution in [0, 0.1) is 0 Å². The van der Waals surface area contributed by atoms with E-state index in [1.54, 1.807) is 43.3 Å². The van der Waals surface area contributed by atoms with E-state index in [4.69, 9.17) is 18.9 Å². The van der Waals surface area contributed by atoms with Gasteiger partial charge in [0.15, 0.2) is 0 Å². The molecule has 2 aromatic carbocycles. The molecule has 7 heteroatoms. The van der Waals surface area contributed by atoms with E-state index in [2.05, 4.69) is 20.1 Å². The van der Waals surface area contributed by atoms with Gasteiger partial charge in [-0.2, -0.15) is 0 Å². The van der Waals surface area contributed by atoms with Crippen LogP contribution in [0.4, 0.5) is 0 Å². The van der Waals surface area contributed by atoms with Crippen molar-refractivity contribution >= 4 is 17.9 Å². The van der Waals surface area contributed by atoms with Gasteiger partial charge in [0, 0.05) is 6.08 Å². The van der Waals surface area contributed by atoms with Gasteiger partial charge in [0.05, 0.1) is 24.3 Å². The molecule has 0 spiro atoms. The highest BCUT2D eigenvalue weighted by Gasteiger charge is 2.10. The van der Waals surface area contributed by atoms with Crippen molar-refractivity contribution in [1.29, 1.82) is 0 Å². The maximum absolute atomic E-state index is 12.5. The zero-order chi connectivity index (χ0) is 30.5. The van der Waals surface area contributed by atoms with Crippen LogP contribution in [0.25, 0.3) is 0 Å². The number of carbonyl (C=O) groups is 3. The van der Waals surface area contributed by atoms with Gasteiger partial charge in [-0.05, 0) is 92.8 Å². The highest BCUT2D eigenvalue weighted by atomic mass is 16.5. The lowest BCUT2D eigenvalue weighted by Gasteiger charge is -2.08. The second kappa shape index (κ2) is 20.5. The van der Waals surface area contributed by atoms with Gasteiger partial charge >= 0.3 is 17.9 Å². The Morgan fingerprint density at radius 2 is 1.34 bits per heavy atom. The highest BCUT2D eigenvalue weighted by Crippen LogP contribution is 2.16. The number of allylic oxidation sites excluding steroid dienone is 4. The SMILES string of the molecule is C=CC(=O)OCCCCOc1ccc(C(=O)O/C(C=C)=C/C=C(\C)OC(=O)c2ccc(CCCC)cc2)cc1.CC. The molecule has 0 saturated heterocycles. The minimum atomic E-state index is -0.567. The normalized spacial score (nSPS) is 10.9. The predicted octanol–water partition coefficient (Wildman–Crippen LogP) is 7.93. The van der Waals surface area contributed by atoms with Crippen LogP contribution >= 0.6 is 0 Å². The zero-order valence-corrected chi connectivity index (χ0v) is 24.6. The van der Waals surface area contributed by atoms with Crippen molar-refractivity contribution in [2.45, 2.75) is 59.8 Å². The average molecular weight is 563 g/mol. The third-order valence-corrected chi connectivity index (χ3v) is 5.46. The first-order valence-electron chi connectivity index (χ1n) is 13.9. The Hall–Kier alpha value is -4.39. The fourth-order valence-corrected chi connectivity index (χ4v) is 3.25. The zero-order valence-electron chi connectivity index (χ0n) is 24.6. The van der Waals surface area contributed by atoms with Gasteiger partial charge in [-0.3, -0.25) is 0 Å². The Labute approximate surface area is 244 Å². The van der Waals surface area contributed by atoms with Gasteiger partial charge in [-0.1, -0.05) is 52.5 Å². The number of hydrogen-bond acceptors (Lipinski definition) is 7. The van der Waals surface area contributed by atoms with Crippen molar-refractivity contribution in [3.8, 4) is 5.75 Å². The lowest BCUT2D eigenvalue weighted by molar-refractivity contribution is -0.137. The van der Waals surface area contributed by atoms with Gasteiger partial charge in [-0.15, -0.1) is 0 Å². The average Bonchev–Trinajstić information content (AvgIpc) is 3.01. The summed E-state index contributed by atoms with van der Waals surface area (Å²) in [4.78, 5) is 35.9. The van der Waals surface area contributed by atoms with Crippen LogP contribution in [0.1, 0.15) is 79.7 Å². The van der Waals surface area contributed by atoms with E-state index in [0.717, 1.165) is 25.3 Å².